The van der Waals surface area contributed by atoms with Crippen molar-refractivity contribution in [3.05, 3.63) is 56.4 Å². The highest BCUT2D eigenvalue weighted by molar-refractivity contribution is 14.1. The number of nitrogen functional groups attached to an aromatic ring is 1. The van der Waals surface area contributed by atoms with Crippen molar-refractivity contribution in [3.8, 4) is 0 Å². The Balaban J connectivity index is 2.08. The van der Waals surface area contributed by atoms with Gasteiger partial charge >= 0.3 is 0 Å². The summed E-state index contributed by atoms with van der Waals surface area (Å²) < 4.78 is 16.0. The Morgan fingerprint density at radius 2 is 1.95 bits per heavy atom. The molecule has 20 heavy (non-hydrogen) atoms. The van der Waals surface area contributed by atoms with Crippen LogP contribution in [-0.2, 0) is 6.54 Å². The second kappa shape index (κ2) is 5.21. The summed E-state index contributed by atoms with van der Waals surface area (Å²) in [6, 6.07) is 10.6. The summed E-state index contributed by atoms with van der Waals surface area (Å²) in [6.45, 7) is 0.527. The van der Waals surface area contributed by atoms with Crippen LogP contribution in [-0.4, -0.2) is 9.55 Å². The summed E-state index contributed by atoms with van der Waals surface area (Å²) in [6.07, 6.45) is 0. The molecular weight excluding hydrogens is 392 g/mol. The van der Waals surface area contributed by atoms with Crippen molar-refractivity contribution >= 4 is 51.2 Å². The van der Waals surface area contributed by atoms with Gasteiger partial charge in [-0.2, -0.15) is 0 Å². The molecule has 0 saturated carbocycles. The largest absolute Gasteiger partial charge is 0.369 e. The van der Waals surface area contributed by atoms with Crippen molar-refractivity contribution in [2.45, 2.75) is 6.54 Å². The zero-order valence-electron chi connectivity index (χ0n) is 10.3. The van der Waals surface area contributed by atoms with Gasteiger partial charge in [0, 0.05) is 11.1 Å². The van der Waals surface area contributed by atoms with Crippen LogP contribution in [0.4, 0.5) is 10.3 Å². The molecular formula is C14H10ClFIN3. The van der Waals surface area contributed by atoms with E-state index in [1.165, 1.54) is 6.07 Å². The van der Waals surface area contributed by atoms with E-state index < -0.39 is 0 Å². The quantitative estimate of drug-likeness (QED) is 0.658. The van der Waals surface area contributed by atoms with Gasteiger partial charge < -0.3 is 10.3 Å². The fourth-order valence-corrected chi connectivity index (χ4v) is 2.65. The zero-order valence-corrected chi connectivity index (χ0v) is 13.2. The van der Waals surface area contributed by atoms with E-state index in [0.29, 0.717) is 32.1 Å². The maximum atomic E-state index is 13.7. The lowest BCUT2D eigenvalue weighted by molar-refractivity contribution is 0.621. The van der Waals surface area contributed by atoms with Gasteiger partial charge in [-0.25, -0.2) is 9.37 Å². The summed E-state index contributed by atoms with van der Waals surface area (Å²) in [7, 11) is 0. The summed E-state index contributed by atoms with van der Waals surface area (Å²) in [5, 5.41) is 0.679. The molecule has 3 aromatic rings. The lowest BCUT2D eigenvalue weighted by Crippen LogP contribution is -2.04. The van der Waals surface area contributed by atoms with Crippen LogP contribution in [0.3, 0.4) is 0 Å². The van der Waals surface area contributed by atoms with Crippen molar-refractivity contribution in [2.24, 2.45) is 0 Å². The summed E-state index contributed by atoms with van der Waals surface area (Å²) >= 11 is 7.80. The number of hydrogen-bond donors (Lipinski definition) is 1. The van der Waals surface area contributed by atoms with E-state index in [4.69, 9.17) is 17.3 Å². The molecule has 0 unspecified atom stereocenters. The average Bonchev–Trinajstić information content (AvgIpc) is 2.69. The van der Waals surface area contributed by atoms with Crippen molar-refractivity contribution in [3.63, 3.8) is 0 Å². The first-order chi connectivity index (χ1) is 9.54. The SMILES string of the molecule is Nc1nc2cc(I)c(F)cc2n1Cc1ccc(Cl)cc1. The number of anilines is 1. The van der Waals surface area contributed by atoms with Crippen molar-refractivity contribution in [1.82, 2.24) is 9.55 Å². The van der Waals surface area contributed by atoms with Crippen LogP contribution < -0.4 is 5.73 Å². The topological polar surface area (TPSA) is 43.8 Å². The van der Waals surface area contributed by atoms with Crippen LogP contribution in [0.2, 0.25) is 5.02 Å². The van der Waals surface area contributed by atoms with Crippen LogP contribution in [0.25, 0.3) is 11.0 Å². The third-order valence-corrected chi connectivity index (χ3v) is 4.15. The smallest absolute Gasteiger partial charge is 0.201 e. The molecule has 0 atom stereocenters. The number of nitrogens with zero attached hydrogens (tertiary/aromatic N) is 2. The number of imidazole rings is 1. The van der Waals surface area contributed by atoms with Gasteiger partial charge in [-0.15, -0.1) is 0 Å². The minimum Gasteiger partial charge on any atom is -0.369 e. The second-order valence-electron chi connectivity index (χ2n) is 4.44. The molecule has 0 fully saturated rings. The normalized spacial score (nSPS) is 11.2. The minimum atomic E-state index is -0.268. The standard InChI is InChI=1S/C14H10ClFIN3/c15-9-3-1-8(2-4-9)7-20-13-5-10(16)11(17)6-12(13)19-14(20)18/h1-6H,7H2,(H2,18,19). The molecule has 0 spiro atoms. The molecule has 0 radical (unpaired) electrons. The maximum absolute atomic E-state index is 13.7. The Kier molecular flexibility index (Phi) is 3.55. The lowest BCUT2D eigenvalue weighted by Gasteiger charge is -2.07. The number of nitrogens with two attached hydrogens (primary N) is 1. The molecule has 102 valence electrons. The highest BCUT2D eigenvalue weighted by Gasteiger charge is 2.11. The molecule has 1 heterocycles. The number of aromatic nitrogens is 2. The predicted molar refractivity (Wildman–Crippen MR) is 87.4 cm³/mol. The van der Waals surface area contributed by atoms with Gasteiger partial charge in [-0.1, -0.05) is 23.7 Å². The molecule has 6 heteroatoms. The molecule has 0 bridgehead atoms. The highest BCUT2D eigenvalue weighted by Crippen LogP contribution is 2.24. The third-order valence-electron chi connectivity index (χ3n) is 3.07. The molecule has 0 aliphatic carbocycles. The Bertz CT molecular complexity index is 783. The first kappa shape index (κ1) is 13.6. The fraction of sp³-hybridized carbons (Fsp3) is 0.0714. The van der Waals surface area contributed by atoms with Gasteiger partial charge in [0.05, 0.1) is 21.1 Å². The lowest BCUT2D eigenvalue weighted by atomic mass is 10.2. The summed E-state index contributed by atoms with van der Waals surface area (Å²) in [5.41, 5.74) is 8.35. The molecule has 0 aliphatic rings. The Morgan fingerprint density at radius 3 is 2.65 bits per heavy atom. The number of halogens is 3. The molecule has 2 N–H and O–H groups in total. The minimum absolute atomic E-state index is 0.268. The van der Waals surface area contributed by atoms with Crippen LogP contribution in [0.5, 0.6) is 0 Å². The molecule has 2 aromatic carbocycles. The molecule has 3 rings (SSSR count). The van der Waals surface area contributed by atoms with Crippen LogP contribution in [0.15, 0.2) is 36.4 Å². The zero-order chi connectivity index (χ0) is 14.3. The Morgan fingerprint density at radius 1 is 1.25 bits per heavy atom. The second-order valence-corrected chi connectivity index (χ2v) is 6.04. The van der Waals surface area contributed by atoms with Crippen molar-refractivity contribution < 1.29 is 4.39 Å². The first-order valence-electron chi connectivity index (χ1n) is 5.90. The first-order valence-corrected chi connectivity index (χ1v) is 7.35. The van der Waals surface area contributed by atoms with Crippen LogP contribution in [0, 0.1) is 9.39 Å². The summed E-state index contributed by atoms with van der Waals surface area (Å²) in [4.78, 5) is 4.27. The predicted octanol–water partition coefficient (Wildman–Crippen LogP) is 4.06. The molecule has 3 nitrogen and oxygen atoms in total. The monoisotopic (exact) mass is 401 g/mol. The van der Waals surface area contributed by atoms with Crippen LogP contribution >= 0.6 is 34.2 Å². The maximum Gasteiger partial charge on any atom is 0.201 e. The Hall–Kier alpha value is -1.34. The molecule has 1 aromatic heterocycles. The van der Waals surface area contributed by atoms with E-state index >= 15 is 0 Å². The van der Waals surface area contributed by atoms with Crippen LogP contribution in [0.1, 0.15) is 5.56 Å². The van der Waals surface area contributed by atoms with Gasteiger partial charge in [-0.05, 0) is 46.4 Å². The van der Waals surface area contributed by atoms with Crippen molar-refractivity contribution in [2.75, 3.05) is 5.73 Å². The Labute approximate surface area is 133 Å². The summed E-state index contributed by atoms with van der Waals surface area (Å²) in [5.74, 6) is 0.103. The van der Waals surface area contributed by atoms with E-state index in [9.17, 15) is 4.39 Å². The van der Waals surface area contributed by atoms with Crippen molar-refractivity contribution in [1.29, 1.82) is 0 Å². The average molecular weight is 402 g/mol. The number of hydrogen-bond acceptors (Lipinski definition) is 2. The number of fused-ring (bicyclic) bond motifs is 1. The van der Waals surface area contributed by atoms with E-state index in [2.05, 4.69) is 4.98 Å². The van der Waals surface area contributed by atoms with E-state index in [0.717, 1.165) is 5.56 Å². The molecule has 0 amide bonds. The van der Waals surface area contributed by atoms with Gasteiger partial charge in [-0.3, -0.25) is 0 Å². The fourth-order valence-electron chi connectivity index (χ4n) is 2.08. The van der Waals surface area contributed by atoms with Gasteiger partial charge in [0.25, 0.3) is 0 Å². The number of rotatable bonds is 2. The molecule has 0 saturated heterocycles. The molecule has 0 aliphatic heterocycles. The van der Waals surface area contributed by atoms with E-state index in [1.54, 1.807) is 10.6 Å². The van der Waals surface area contributed by atoms with E-state index in [-0.39, 0.29) is 5.82 Å². The highest BCUT2D eigenvalue weighted by atomic mass is 127. The third kappa shape index (κ3) is 2.47. The van der Waals surface area contributed by atoms with E-state index in [1.807, 2.05) is 46.9 Å². The van der Waals surface area contributed by atoms with Gasteiger partial charge in [0.2, 0.25) is 5.95 Å². The number of benzene rings is 2. The van der Waals surface area contributed by atoms with Gasteiger partial charge in [0.15, 0.2) is 0 Å². The van der Waals surface area contributed by atoms with Gasteiger partial charge in [0.1, 0.15) is 5.82 Å².